The van der Waals surface area contributed by atoms with Gasteiger partial charge in [-0.1, -0.05) is 13.8 Å². The zero-order valence-corrected chi connectivity index (χ0v) is 7.80. The number of amides is 1. The van der Waals surface area contributed by atoms with Crippen LogP contribution < -0.4 is 5.32 Å². The third kappa shape index (κ3) is 3.27. The summed E-state index contributed by atoms with van der Waals surface area (Å²) in [4.78, 5) is 10.6. The topological polar surface area (TPSA) is 58.2 Å². The Bertz CT molecular complexity index is 196. The summed E-state index contributed by atoms with van der Waals surface area (Å²) in [6.45, 7) is 4.97. The highest BCUT2D eigenvalue weighted by Gasteiger charge is 2.13. The molecule has 0 saturated carbocycles. The molecule has 0 heterocycles. The zero-order valence-electron chi connectivity index (χ0n) is 7.80. The van der Waals surface area contributed by atoms with Gasteiger partial charge in [-0.3, -0.25) is 4.79 Å². The molecule has 1 amide bonds. The van der Waals surface area contributed by atoms with Crippen LogP contribution in [-0.2, 0) is 14.6 Å². The highest BCUT2D eigenvalue weighted by molar-refractivity contribution is 5.74. The van der Waals surface area contributed by atoms with Crippen LogP contribution in [0.1, 0.15) is 20.8 Å². The second-order valence-corrected chi connectivity index (χ2v) is 2.74. The molecule has 0 unspecified atom stereocenters. The molecule has 0 aliphatic carbocycles. The Morgan fingerprint density at radius 2 is 1.92 bits per heavy atom. The standard InChI is InChI=1S/C8H14NO3/c1-5(2)7(8(11)12-4)9-6(3)10/h5H,1-4H3,(H,9,10). The molecule has 0 bridgehead atoms. The average molecular weight is 172 g/mol. The maximum atomic E-state index is 11.0. The van der Waals surface area contributed by atoms with E-state index in [9.17, 15) is 9.90 Å². The van der Waals surface area contributed by atoms with Crippen molar-refractivity contribution >= 4 is 5.91 Å². The van der Waals surface area contributed by atoms with Crippen molar-refractivity contribution in [2.75, 3.05) is 7.11 Å². The van der Waals surface area contributed by atoms with Crippen LogP contribution in [0.25, 0.3) is 0 Å². The summed E-state index contributed by atoms with van der Waals surface area (Å²) >= 11 is 0. The molecule has 12 heavy (non-hydrogen) atoms. The minimum Gasteiger partial charge on any atom is -0.465 e. The maximum absolute atomic E-state index is 11.0. The third-order valence-corrected chi connectivity index (χ3v) is 1.29. The summed E-state index contributed by atoms with van der Waals surface area (Å²) in [5.41, 5.74) is 0.296. The smallest absolute Gasteiger partial charge is 0.350 e. The Labute approximate surface area is 72.2 Å². The van der Waals surface area contributed by atoms with Gasteiger partial charge in [0.1, 0.15) is 5.70 Å². The van der Waals surface area contributed by atoms with Gasteiger partial charge in [-0.2, -0.15) is 0 Å². The first-order valence-corrected chi connectivity index (χ1v) is 3.71. The lowest BCUT2D eigenvalue weighted by molar-refractivity contribution is -0.118. The normalized spacial score (nSPS) is 12.4. The van der Waals surface area contributed by atoms with Crippen molar-refractivity contribution in [3.63, 3.8) is 0 Å². The average Bonchev–Trinajstić information content (AvgIpc) is 1.98. The molecule has 0 atom stereocenters. The first-order valence-electron chi connectivity index (χ1n) is 3.71. The predicted octanol–water partition coefficient (Wildman–Crippen LogP) is 1.02. The van der Waals surface area contributed by atoms with E-state index in [1.54, 1.807) is 0 Å². The first-order chi connectivity index (χ1) is 5.49. The Morgan fingerprint density at radius 3 is 2.17 bits per heavy atom. The first kappa shape index (κ1) is 10.8. The van der Waals surface area contributed by atoms with Gasteiger partial charge in [-0.15, -0.1) is 0 Å². The molecule has 4 nitrogen and oxygen atoms in total. The largest absolute Gasteiger partial charge is 0.465 e. The van der Waals surface area contributed by atoms with Crippen molar-refractivity contribution in [2.24, 2.45) is 5.92 Å². The Hall–Kier alpha value is -1.19. The Balaban J connectivity index is 4.54. The number of allylic oxidation sites excluding steroid dienone is 1. The van der Waals surface area contributed by atoms with Crippen LogP contribution in [0.5, 0.6) is 0 Å². The van der Waals surface area contributed by atoms with E-state index in [4.69, 9.17) is 0 Å². The molecule has 0 aliphatic rings. The van der Waals surface area contributed by atoms with Gasteiger partial charge in [0.25, 0.3) is 0 Å². The quantitative estimate of drug-likeness (QED) is 0.646. The summed E-state index contributed by atoms with van der Waals surface area (Å²) in [5, 5.41) is 13.4. The van der Waals surface area contributed by atoms with E-state index in [-0.39, 0.29) is 11.8 Å². The molecule has 0 saturated heterocycles. The van der Waals surface area contributed by atoms with Gasteiger partial charge in [-0.05, 0) is 0 Å². The molecule has 0 fully saturated rings. The molecule has 1 N–H and O–H groups in total. The molecule has 0 aromatic heterocycles. The van der Waals surface area contributed by atoms with E-state index >= 15 is 0 Å². The van der Waals surface area contributed by atoms with E-state index < -0.39 is 5.95 Å². The number of nitrogens with one attached hydrogen (secondary N) is 1. The van der Waals surface area contributed by atoms with Crippen LogP contribution in [0.4, 0.5) is 0 Å². The lowest BCUT2D eigenvalue weighted by Crippen LogP contribution is -2.24. The van der Waals surface area contributed by atoms with Crippen molar-refractivity contribution in [1.82, 2.24) is 5.32 Å². The van der Waals surface area contributed by atoms with Gasteiger partial charge < -0.3 is 10.1 Å². The Kier molecular flexibility index (Phi) is 4.18. The number of carbonyl (C=O) groups is 1. The van der Waals surface area contributed by atoms with Crippen molar-refractivity contribution in [3.05, 3.63) is 11.6 Å². The molecule has 1 radical (unpaired) electrons. The Morgan fingerprint density at radius 1 is 1.42 bits per heavy atom. The number of rotatable bonds is 3. The van der Waals surface area contributed by atoms with Gasteiger partial charge in [0, 0.05) is 12.8 Å². The fourth-order valence-corrected chi connectivity index (χ4v) is 0.731. The summed E-state index contributed by atoms with van der Waals surface area (Å²) < 4.78 is 4.48. The lowest BCUT2D eigenvalue weighted by atomic mass is 10.1. The van der Waals surface area contributed by atoms with E-state index in [1.165, 1.54) is 14.0 Å². The maximum Gasteiger partial charge on any atom is 0.350 e. The summed E-state index contributed by atoms with van der Waals surface area (Å²) in [6.07, 6.45) is 0. The van der Waals surface area contributed by atoms with Crippen molar-refractivity contribution in [3.8, 4) is 0 Å². The second-order valence-electron chi connectivity index (χ2n) is 2.74. The molecule has 69 valence electrons. The second kappa shape index (κ2) is 4.64. The molecule has 0 aromatic rings. The van der Waals surface area contributed by atoms with Gasteiger partial charge in [-0.25, -0.2) is 5.11 Å². The summed E-state index contributed by atoms with van der Waals surface area (Å²) in [5.74, 6) is -0.786. The number of methoxy groups -OCH3 is 1. The molecule has 0 aliphatic heterocycles. The number of hydrogen-bond donors (Lipinski definition) is 1. The van der Waals surface area contributed by atoms with Crippen molar-refractivity contribution < 1.29 is 14.6 Å². The minimum absolute atomic E-state index is 0.0404. The fraction of sp³-hybridized carbons (Fsp3) is 0.625. The van der Waals surface area contributed by atoms with Crippen molar-refractivity contribution in [2.45, 2.75) is 20.8 Å². The molecule has 0 aromatic carbocycles. The van der Waals surface area contributed by atoms with Crippen molar-refractivity contribution in [1.29, 1.82) is 0 Å². The molecule has 4 heteroatoms. The van der Waals surface area contributed by atoms with E-state index in [1.807, 2.05) is 13.8 Å². The summed E-state index contributed by atoms with van der Waals surface area (Å²) in [7, 11) is 1.28. The van der Waals surface area contributed by atoms with Gasteiger partial charge in [0.2, 0.25) is 5.91 Å². The number of ether oxygens (including phenoxy) is 1. The predicted molar refractivity (Wildman–Crippen MR) is 43.4 cm³/mol. The summed E-state index contributed by atoms with van der Waals surface area (Å²) in [6, 6.07) is 0. The molecular weight excluding hydrogens is 158 g/mol. The lowest BCUT2D eigenvalue weighted by Gasteiger charge is -2.11. The minimum atomic E-state index is -0.486. The van der Waals surface area contributed by atoms with Crippen LogP contribution in [-0.4, -0.2) is 13.0 Å². The van der Waals surface area contributed by atoms with Crippen LogP contribution >= 0.6 is 0 Å². The van der Waals surface area contributed by atoms with E-state index in [2.05, 4.69) is 10.1 Å². The molecule has 0 rings (SSSR count). The van der Waals surface area contributed by atoms with E-state index in [0.717, 1.165) is 0 Å². The van der Waals surface area contributed by atoms with Gasteiger partial charge in [0.05, 0.1) is 7.11 Å². The van der Waals surface area contributed by atoms with Crippen LogP contribution in [0.3, 0.4) is 0 Å². The van der Waals surface area contributed by atoms with Crippen LogP contribution in [0, 0.1) is 5.92 Å². The highest BCUT2D eigenvalue weighted by atomic mass is 16.6. The molecule has 0 spiro atoms. The van der Waals surface area contributed by atoms with Crippen LogP contribution in [0.15, 0.2) is 11.6 Å². The van der Waals surface area contributed by atoms with E-state index in [0.29, 0.717) is 5.70 Å². The number of hydrogen-bond acceptors (Lipinski definition) is 2. The molecular formula is C8H14NO3. The number of carbonyl (C=O) groups excluding carboxylic acids is 1. The van der Waals surface area contributed by atoms with Crippen LogP contribution in [0.2, 0.25) is 0 Å². The fourth-order valence-electron chi connectivity index (χ4n) is 0.731. The van der Waals surface area contributed by atoms with Gasteiger partial charge in [0.15, 0.2) is 0 Å². The highest BCUT2D eigenvalue weighted by Crippen LogP contribution is 2.10. The SMILES string of the molecule is COC([O])=C(NC(C)=O)C(C)C. The third-order valence-electron chi connectivity index (χ3n) is 1.29. The zero-order chi connectivity index (χ0) is 9.72. The monoisotopic (exact) mass is 172 g/mol. The van der Waals surface area contributed by atoms with Gasteiger partial charge >= 0.3 is 5.95 Å².